The normalized spacial score (nSPS) is 21.5. The van der Waals surface area contributed by atoms with Crippen LogP contribution in [0.1, 0.15) is 6.92 Å². The lowest BCUT2D eigenvalue weighted by molar-refractivity contribution is -0.148. The highest BCUT2D eigenvalue weighted by Crippen LogP contribution is 2.01. The average molecular weight is 156 g/mol. The molecule has 0 spiro atoms. The number of ether oxygens (including phenoxy) is 1. The van der Waals surface area contributed by atoms with E-state index in [9.17, 15) is 9.59 Å². The number of hydrogen-bond acceptors (Lipinski definition) is 4. The van der Waals surface area contributed by atoms with Gasteiger partial charge in [-0.05, 0) is 6.92 Å². The van der Waals surface area contributed by atoms with Crippen LogP contribution in [0.5, 0.6) is 0 Å². The lowest BCUT2D eigenvalue weighted by atomic mass is 10.2. The molecule has 0 radical (unpaired) electrons. The van der Waals surface area contributed by atoms with Gasteiger partial charge < -0.3 is 4.74 Å². The van der Waals surface area contributed by atoms with Crippen molar-refractivity contribution in [3.05, 3.63) is 0 Å². The van der Waals surface area contributed by atoms with Crippen LogP contribution in [-0.2, 0) is 14.3 Å². The summed E-state index contributed by atoms with van der Waals surface area (Å²) in [5, 5.41) is 3.42. The van der Waals surface area contributed by atoms with E-state index in [1.165, 1.54) is 6.21 Å². The third-order valence-electron chi connectivity index (χ3n) is 1.22. The van der Waals surface area contributed by atoms with Gasteiger partial charge in [-0.2, -0.15) is 5.10 Å². The number of hydrazone groups is 1. The van der Waals surface area contributed by atoms with Gasteiger partial charge in [0.1, 0.15) is 0 Å². The van der Waals surface area contributed by atoms with Gasteiger partial charge in [-0.25, -0.2) is 5.43 Å². The topological polar surface area (TPSA) is 67.8 Å². The molecular weight excluding hydrogens is 148 g/mol. The van der Waals surface area contributed by atoms with Crippen LogP contribution in [0.4, 0.5) is 0 Å². The van der Waals surface area contributed by atoms with Crippen LogP contribution in [0.3, 0.4) is 0 Å². The van der Waals surface area contributed by atoms with E-state index in [-0.39, 0.29) is 6.61 Å². The summed E-state index contributed by atoms with van der Waals surface area (Å²) in [7, 11) is 0. The molecule has 0 saturated carbocycles. The molecule has 1 unspecified atom stereocenters. The molecule has 1 N–H and O–H groups in total. The fourth-order valence-corrected chi connectivity index (χ4v) is 0.713. The van der Waals surface area contributed by atoms with Crippen molar-refractivity contribution in [1.29, 1.82) is 0 Å². The molecule has 0 bridgehead atoms. The monoisotopic (exact) mass is 156 g/mol. The van der Waals surface area contributed by atoms with Gasteiger partial charge in [0.15, 0.2) is 5.92 Å². The number of esters is 1. The standard InChI is InChI=1S/C6H8N2O3/c1-2-11-6(10)4-3-7-8-5(4)9/h3-4H,2H2,1H3,(H,8,9). The maximum Gasteiger partial charge on any atom is 0.324 e. The summed E-state index contributed by atoms with van der Waals surface area (Å²) >= 11 is 0. The number of hydrogen-bond donors (Lipinski definition) is 1. The largest absolute Gasteiger partial charge is 0.465 e. The minimum atomic E-state index is -0.852. The van der Waals surface area contributed by atoms with Crippen molar-refractivity contribution in [2.24, 2.45) is 11.0 Å². The van der Waals surface area contributed by atoms with E-state index in [0.717, 1.165) is 0 Å². The Hall–Kier alpha value is -1.39. The third kappa shape index (κ3) is 1.54. The molecule has 0 aliphatic carbocycles. The van der Waals surface area contributed by atoms with Gasteiger partial charge in [-0.1, -0.05) is 0 Å². The molecule has 5 heteroatoms. The molecule has 1 amide bonds. The van der Waals surface area contributed by atoms with Crippen LogP contribution in [0, 0.1) is 5.92 Å². The van der Waals surface area contributed by atoms with E-state index >= 15 is 0 Å². The van der Waals surface area contributed by atoms with E-state index in [0.29, 0.717) is 0 Å². The Morgan fingerprint density at radius 2 is 2.64 bits per heavy atom. The van der Waals surface area contributed by atoms with Gasteiger partial charge in [0.25, 0.3) is 5.91 Å². The molecule has 1 rings (SSSR count). The first-order valence-electron chi connectivity index (χ1n) is 3.25. The molecule has 1 atom stereocenters. The second-order valence-corrected chi connectivity index (χ2v) is 1.98. The third-order valence-corrected chi connectivity index (χ3v) is 1.22. The van der Waals surface area contributed by atoms with Crippen LogP contribution in [0.25, 0.3) is 0 Å². The highest BCUT2D eigenvalue weighted by atomic mass is 16.5. The zero-order valence-corrected chi connectivity index (χ0v) is 6.03. The van der Waals surface area contributed by atoms with Crippen molar-refractivity contribution in [1.82, 2.24) is 5.43 Å². The zero-order valence-electron chi connectivity index (χ0n) is 6.03. The second-order valence-electron chi connectivity index (χ2n) is 1.98. The number of amides is 1. The summed E-state index contributed by atoms with van der Waals surface area (Å²) in [6.07, 6.45) is 1.24. The number of carbonyl (C=O) groups is 2. The molecule has 60 valence electrons. The number of nitrogens with zero attached hydrogens (tertiary/aromatic N) is 1. The number of carbonyl (C=O) groups excluding carboxylic acids is 2. The number of rotatable bonds is 2. The van der Waals surface area contributed by atoms with Crippen molar-refractivity contribution in [3.63, 3.8) is 0 Å². The van der Waals surface area contributed by atoms with Crippen molar-refractivity contribution in [2.45, 2.75) is 6.92 Å². The van der Waals surface area contributed by atoms with E-state index in [2.05, 4.69) is 15.3 Å². The summed E-state index contributed by atoms with van der Waals surface area (Å²) in [6.45, 7) is 1.96. The van der Waals surface area contributed by atoms with Crippen LogP contribution in [0.2, 0.25) is 0 Å². The molecule has 0 aromatic rings. The van der Waals surface area contributed by atoms with E-state index in [1.807, 2.05) is 0 Å². The van der Waals surface area contributed by atoms with Gasteiger partial charge in [-0.3, -0.25) is 9.59 Å². The first kappa shape index (κ1) is 7.71. The summed E-state index contributed by atoms with van der Waals surface area (Å²) in [5.74, 6) is -1.83. The number of nitrogens with one attached hydrogen (secondary N) is 1. The van der Waals surface area contributed by atoms with Crippen molar-refractivity contribution in [3.8, 4) is 0 Å². The summed E-state index contributed by atoms with van der Waals surface area (Å²) in [4.78, 5) is 21.6. The minimum Gasteiger partial charge on any atom is -0.465 e. The Morgan fingerprint density at radius 3 is 3.09 bits per heavy atom. The average Bonchev–Trinajstić information content (AvgIpc) is 2.36. The Balaban J connectivity index is 2.53. The summed E-state index contributed by atoms with van der Waals surface area (Å²) in [6, 6.07) is 0. The zero-order chi connectivity index (χ0) is 8.27. The quantitative estimate of drug-likeness (QED) is 0.424. The van der Waals surface area contributed by atoms with Crippen molar-refractivity contribution in [2.75, 3.05) is 6.61 Å². The first-order valence-corrected chi connectivity index (χ1v) is 3.25. The van der Waals surface area contributed by atoms with Gasteiger partial charge in [0, 0.05) is 6.21 Å². The molecule has 11 heavy (non-hydrogen) atoms. The van der Waals surface area contributed by atoms with E-state index in [4.69, 9.17) is 0 Å². The molecule has 1 aliphatic heterocycles. The van der Waals surface area contributed by atoms with Gasteiger partial charge in [0.2, 0.25) is 0 Å². The van der Waals surface area contributed by atoms with Gasteiger partial charge >= 0.3 is 5.97 Å². The van der Waals surface area contributed by atoms with Gasteiger partial charge in [0.05, 0.1) is 6.61 Å². The maximum atomic E-state index is 10.9. The second kappa shape index (κ2) is 3.14. The Bertz CT molecular complexity index is 212. The fourth-order valence-electron chi connectivity index (χ4n) is 0.713. The molecule has 0 aromatic carbocycles. The molecule has 1 heterocycles. The van der Waals surface area contributed by atoms with Crippen LogP contribution >= 0.6 is 0 Å². The summed E-state index contributed by atoms with van der Waals surface area (Å²) in [5.41, 5.74) is 2.14. The molecule has 5 nitrogen and oxygen atoms in total. The minimum absolute atomic E-state index is 0.274. The SMILES string of the molecule is CCOC(=O)C1C=NNC1=O. The van der Waals surface area contributed by atoms with Gasteiger partial charge in [-0.15, -0.1) is 0 Å². The maximum absolute atomic E-state index is 10.9. The summed E-state index contributed by atoms with van der Waals surface area (Å²) < 4.78 is 4.61. The molecule has 0 fully saturated rings. The van der Waals surface area contributed by atoms with Crippen molar-refractivity contribution >= 4 is 18.1 Å². The highest BCUT2D eigenvalue weighted by Gasteiger charge is 2.29. The predicted molar refractivity (Wildman–Crippen MR) is 36.8 cm³/mol. The highest BCUT2D eigenvalue weighted by molar-refractivity contribution is 6.13. The van der Waals surface area contributed by atoms with Crippen LogP contribution in [-0.4, -0.2) is 24.7 Å². The van der Waals surface area contributed by atoms with Crippen molar-refractivity contribution < 1.29 is 14.3 Å². The van der Waals surface area contributed by atoms with Crippen LogP contribution < -0.4 is 5.43 Å². The van der Waals surface area contributed by atoms with E-state index < -0.39 is 17.8 Å². The molecular formula is C6H8N2O3. The Labute approximate surface area is 63.4 Å². The molecule has 1 aliphatic rings. The van der Waals surface area contributed by atoms with Crippen LogP contribution in [0.15, 0.2) is 5.10 Å². The Morgan fingerprint density at radius 1 is 1.91 bits per heavy atom. The van der Waals surface area contributed by atoms with E-state index in [1.54, 1.807) is 6.92 Å². The molecule has 0 aromatic heterocycles. The lowest BCUT2D eigenvalue weighted by Gasteiger charge is -2.02. The smallest absolute Gasteiger partial charge is 0.324 e. The predicted octanol–water partition coefficient (Wildman–Crippen LogP) is -0.719. The molecule has 0 saturated heterocycles. The lowest BCUT2D eigenvalue weighted by Crippen LogP contribution is -2.28. The first-order chi connectivity index (χ1) is 5.25. The fraction of sp³-hybridized carbons (Fsp3) is 0.500. The Kier molecular flexibility index (Phi) is 2.20.